The van der Waals surface area contributed by atoms with Gasteiger partial charge in [0.25, 0.3) is 0 Å². The summed E-state index contributed by atoms with van der Waals surface area (Å²) in [5, 5.41) is 3.96. The Morgan fingerprint density at radius 1 is 1.16 bits per heavy atom. The largest absolute Gasteiger partial charge is 0.465 e. The van der Waals surface area contributed by atoms with Crippen molar-refractivity contribution in [2.45, 2.75) is 63.8 Å². The predicted octanol–water partition coefficient (Wildman–Crippen LogP) is 6.03. The summed E-state index contributed by atoms with van der Waals surface area (Å²) in [6.45, 7) is 2.38. The number of carbonyl (C=O) groups excluding carboxylic acids is 1. The quantitative estimate of drug-likeness (QED) is 0.597. The third-order valence-electron chi connectivity index (χ3n) is 7.51. The molecule has 0 aliphatic heterocycles. The Labute approximate surface area is 186 Å². The zero-order valence-corrected chi connectivity index (χ0v) is 18.7. The summed E-state index contributed by atoms with van der Waals surface area (Å²) in [6, 6.07) is 5.38. The van der Waals surface area contributed by atoms with Crippen LogP contribution in [0.15, 0.2) is 59.7 Å². The van der Waals surface area contributed by atoms with E-state index in [4.69, 9.17) is 4.74 Å². The van der Waals surface area contributed by atoms with Crippen LogP contribution in [0.3, 0.4) is 0 Å². The SMILES string of the molecule is COC(=O)C1=CC2Cc3cc(CC4=CCC=C4)cc(NC4CCC(C)CC4)c3C2C=C1. The van der Waals surface area contributed by atoms with E-state index in [0.29, 0.717) is 23.5 Å². The molecule has 162 valence electrons. The fourth-order valence-corrected chi connectivity index (χ4v) is 5.81. The lowest BCUT2D eigenvalue weighted by atomic mass is 9.84. The topological polar surface area (TPSA) is 38.3 Å². The molecule has 0 spiro atoms. The Morgan fingerprint density at radius 2 is 2.00 bits per heavy atom. The average molecular weight is 416 g/mol. The minimum atomic E-state index is -0.235. The standard InChI is InChI=1S/C28H33NO2/c1-18-7-10-24(11-8-18)29-26-15-20(13-19-5-3-4-6-19)14-23-17-22-16-21(28(30)31-2)9-12-25(22)27(23)26/h3,5-6,9,12,14-16,18,22,24-25,29H,4,7-8,10-11,13,17H2,1-2H3. The van der Waals surface area contributed by atoms with Gasteiger partial charge in [-0.15, -0.1) is 0 Å². The number of esters is 1. The number of methoxy groups -OCH3 is 1. The Hall–Kier alpha value is -2.55. The first kappa shape index (κ1) is 20.4. The number of fused-ring (bicyclic) bond motifs is 3. The molecule has 5 rings (SSSR count). The van der Waals surface area contributed by atoms with Crippen molar-refractivity contribution in [2.75, 3.05) is 12.4 Å². The van der Waals surface area contributed by atoms with Crippen LogP contribution < -0.4 is 5.32 Å². The van der Waals surface area contributed by atoms with E-state index in [-0.39, 0.29) is 5.97 Å². The summed E-state index contributed by atoms with van der Waals surface area (Å²) < 4.78 is 4.96. The highest BCUT2D eigenvalue weighted by atomic mass is 16.5. The second kappa shape index (κ2) is 8.53. The number of anilines is 1. The number of nitrogens with one attached hydrogen (secondary N) is 1. The third-order valence-corrected chi connectivity index (χ3v) is 7.51. The van der Waals surface area contributed by atoms with Crippen LogP contribution in [0.2, 0.25) is 0 Å². The van der Waals surface area contributed by atoms with E-state index >= 15 is 0 Å². The molecule has 0 radical (unpaired) electrons. The number of allylic oxidation sites excluding steroid dienone is 6. The van der Waals surface area contributed by atoms with Gasteiger partial charge in [-0.05, 0) is 85.1 Å². The van der Waals surface area contributed by atoms with Gasteiger partial charge in [0.15, 0.2) is 0 Å². The van der Waals surface area contributed by atoms with Gasteiger partial charge in [0, 0.05) is 17.6 Å². The normalized spacial score (nSPS) is 28.6. The number of hydrogen-bond donors (Lipinski definition) is 1. The summed E-state index contributed by atoms with van der Waals surface area (Å²) >= 11 is 0. The molecule has 0 amide bonds. The molecule has 3 heteroatoms. The third kappa shape index (κ3) is 4.15. The first-order chi connectivity index (χ1) is 15.1. The molecule has 1 aromatic carbocycles. The molecule has 31 heavy (non-hydrogen) atoms. The van der Waals surface area contributed by atoms with Gasteiger partial charge in [-0.25, -0.2) is 4.79 Å². The average Bonchev–Trinajstić information content (AvgIpc) is 3.41. The van der Waals surface area contributed by atoms with E-state index in [1.54, 1.807) is 0 Å². The summed E-state index contributed by atoms with van der Waals surface area (Å²) in [5.74, 6) is 1.29. The summed E-state index contributed by atoms with van der Waals surface area (Å²) in [6.07, 6.45) is 21.3. The van der Waals surface area contributed by atoms with Crippen LogP contribution in [0, 0.1) is 11.8 Å². The highest BCUT2D eigenvalue weighted by Crippen LogP contribution is 2.47. The zero-order chi connectivity index (χ0) is 21.4. The van der Waals surface area contributed by atoms with Crippen molar-refractivity contribution in [3.63, 3.8) is 0 Å². The van der Waals surface area contributed by atoms with Crippen molar-refractivity contribution >= 4 is 11.7 Å². The Kier molecular flexibility index (Phi) is 5.60. The highest BCUT2D eigenvalue weighted by molar-refractivity contribution is 5.92. The number of rotatable bonds is 5. The summed E-state index contributed by atoms with van der Waals surface area (Å²) in [7, 11) is 1.46. The number of ether oxygens (including phenoxy) is 1. The van der Waals surface area contributed by atoms with Crippen molar-refractivity contribution in [1.82, 2.24) is 0 Å². The van der Waals surface area contributed by atoms with Crippen molar-refractivity contribution in [1.29, 1.82) is 0 Å². The second-order valence-electron chi connectivity index (χ2n) is 9.78. The molecule has 0 heterocycles. The van der Waals surface area contributed by atoms with Gasteiger partial charge in [0.05, 0.1) is 12.7 Å². The van der Waals surface area contributed by atoms with Crippen LogP contribution in [-0.4, -0.2) is 19.1 Å². The van der Waals surface area contributed by atoms with Gasteiger partial charge in [0.2, 0.25) is 0 Å². The highest BCUT2D eigenvalue weighted by Gasteiger charge is 2.35. The fourth-order valence-electron chi connectivity index (χ4n) is 5.81. The maximum absolute atomic E-state index is 12.1. The number of carbonyl (C=O) groups is 1. The van der Waals surface area contributed by atoms with Crippen LogP contribution >= 0.6 is 0 Å². The molecule has 3 nitrogen and oxygen atoms in total. The van der Waals surface area contributed by atoms with Gasteiger partial charge in [0.1, 0.15) is 0 Å². The van der Waals surface area contributed by atoms with E-state index < -0.39 is 0 Å². The monoisotopic (exact) mass is 415 g/mol. The minimum Gasteiger partial charge on any atom is -0.465 e. The van der Waals surface area contributed by atoms with Crippen LogP contribution in [0.1, 0.15) is 61.6 Å². The Balaban J connectivity index is 1.46. The lowest BCUT2D eigenvalue weighted by Crippen LogP contribution is -2.26. The first-order valence-corrected chi connectivity index (χ1v) is 11.9. The number of benzene rings is 1. The maximum atomic E-state index is 12.1. The second-order valence-corrected chi connectivity index (χ2v) is 9.78. The van der Waals surface area contributed by atoms with E-state index in [0.717, 1.165) is 25.2 Å². The maximum Gasteiger partial charge on any atom is 0.337 e. The molecule has 1 fully saturated rings. The molecule has 1 N–H and O–H groups in total. The first-order valence-electron chi connectivity index (χ1n) is 11.9. The smallest absolute Gasteiger partial charge is 0.337 e. The lowest BCUT2D eigenvalue weighted by molar-refractivity contribution is -0.135. The molecule has 2 atom stereocenters. The van der Waals surface area contributed by atoms with Crippen LogP contribution in [-0.2, 0) is 22.4 Å². The summed E-state index contributed by atoms with van der Waals surface area (Å²) in [4.78, 5) is 12.1. The van der Waals surface area contributed by atoms with Crippen molar-refractivity contribution in [3.8, 4) is 0 Å². The Bertz CT molecular complexity index is 989. The fraction of sp³-hybridized carbons (Fsp3) is 0.464. The minimum absolute atomic E-state index is 0.235. The molecule has 2 unspecified atom stereocenters. The van der Waals surface area contributed by atoms with Crippen molar-refractivity contribution in [2.24, 2.45) is 11.8 Å². The van der Waals surface area contributed by atoms with Gasteiger partial charge in [-0.3, -0.25) is 0 Å². The van der Waals surface area contributed by atoms with E-state index in [2.05, 4.69) is 54.8 Å². The summed E-state index contributed by atoms with van der Waals surface area (Å²) in [5.41, 5.74) is 7.70. The molecular formula is C28H33NO2. The van der Waals surface area contributed by atoms with Crippen LogP contribution in [0.25, 0.3) is 0 Å². The van der Waals surface area contributed by atoms with Crippen LogP contribution in [0.5, 0.6) is 0 Å². The van der Waals surface area contributed by atoms with Crippen molar-refractivity contribution < 1.29 is 9.53 Å². The predicted molar refractivity (Wildman–Crippen MR) is 126 cm³/mol. The molecule has 0 saturated heterocycles. The molecule has 4 aliphatic carbocycles. The zero-order valence-electron chi connectivity index (χ0n) is 18.7. The van der Waals surface area contributed by atoms with E-state index in [9.17, 15) is 4.79 Å². The van der Waals surface area contributed by atoms with Gasteiger partial charge >= 0.3 is 5.97 Å². The molecule has 4 aliphatic rings. The lowest BCUT2D eigenvalue weighted by Gasteiger charge is -2.30. The molecule has 0 aromatic heterocycles. The Morgan fingerprint density at radius 3 is 2.74 bits per heavy atom. The van der Waals surface area contributed by atoms with E-state index in [1.807, 2.05) is 6.08 Å². The number of hydrogen-bond acceptors (Lipinski definition) is 3. The molecule has 1 aromatic rings. The van der Waals surface area contributed by atoms with E-state index in [1.165, 1.54) is 60.7 Å². The van der Waals surface area contributed by atoms with Gasteiger partial charge in [-0.2, -0.15) is 0 Å². The molecule has 0 bridgehead atoms. The van der Waals surface area contributed by atoms with Gasteiger partial charge in [-0.1, -0.05) is 49.4 Å². The molecule has 1 saturated carbocycles. The van der Waals surface area contributed by atoms with Crippen molar-refractivity contribution in [3.05, 3.63) is 76.4 Å². The van der Waals surface area contributed by atoms with Crippen LogP contribution in [0.4, 0.5) is 5.69 Å². The molecular weight excluding hydrogens is 382 g/mol. The van der Waals surface area contributed by atoms with Gasteiger partial charge < -0.3 is 10.1 Å².